The van der Waals surface area contributed by atoms with Crippen LogP contribution >= 0.6 is 0 Å². The zero-order chi connectivity index (χ0) is 14.5. The summed E-state index contributed by atoms with van der Waals surface area (Å²) in [6.07, 6.45) is 0. The summed E-state index contributed by atoms with van der Waals surface area (Å²) in [5.41, 5.74) is 4.32. The molecule has 2 rings (SSSR count). The van der Waals surface area contributed by atoms with Crippen LogP contribution in [0.25, 0.3) is 0 Å². The van der Waals surface area contributed by atoms with E-state index in [-0.39, 0.29) is 10.6 Å². The van der Waals surface area contributed by atoms with Crippen LogP contribution in [0.2, 0.25) is 0 Å². The number of nitrogens with zero attached hydrogens (tertiary/aromatic N) is 1. The van der Waals surface area contributed by atoms with E-state index in [1.165, 1.54) is 11.1 Å². The van der Waals surface area contributed by atoms with Gasteiger partial charge in [0, 0.05) is 24.7 Å². The first kappa shape index (κ1) is 14.2. The molecule has 0 aliphatic heterocycles. The van der Waals surface area contributed by atoms with Gasteiger partial charge in [-0.1, -0.05) is 42.0 Å². The van der Waals surface area contributed by atoms with Crippen molar-refractivity contribution in [1.29, 1.82) is 0 Å². The van der Waals surface area contributed by atoms with Crippen molar-refractivity contribution in [3.63, 3.8) is 0 Å². The minimum absolute atomic E-state index is 0.180. The van der Waals surface area contributed by atoms with Gasteiger partial charge in [-0.3, -0.25) is 10.1 Å². The summed E-state index contributed by atoms with van der Waals surface area (Å²) in [5.74, 6) is 0. The van der Waals surface area contributed by atoms with E-state index < -0.39 is 0 Å². The highest BCUT2D eigenvalue weighted by Gasteiger charge is 2.12. The molecule has 20 heavy (non-hydrogen) atoms. The summed E-state index contributed by atoms with van der Waals surface area (Å²) >= 11 is 0. The Labute approximate surface area is 118 Å². The van der Waals surface area contributed by atoms with E-state index in [0.29, 0.717) is 6.54 Å². The first-order valence-corrected chi connectivity index (χ1v) is 6.57. The van der Waals surface area contributed by atoms with E-state index in [4.69, 9.17) is 0 Å². The van der Waals surface area contributed by atoms with Crippen LogP contribution in [0.15, 0.2) is 42.5 Å². The van der Waals surface area contributed by atoms with E-state index in [2.05, 4.69) is 36.5 Å². The highest BCUT2D eigenvalue weighted by molar-refractivity contribution is 5.44. The maximum absolute atomic E-state index is 10.9. The molecule has 0 atom stereocenters. The maximum Gasteiger partial charge on any atom is 0.272 e. The molecule has 0 aliphatic rings. The highest BCUT2D eigenvalue weighted by Crippen LogP contribution is 2.20. The fourth-order valence-corrected chi connectivity index (χ4v) is 2.11. The molecular formula is C16H18N2O2. The molecule has 0 saturated carbocycles. The maximum atomic E-state index is 10.9. The molecule has 2 aromatic carbocycles. The second-order valence-electron chi connectivity index (χ2n) is 4.91. The molecule has 0 spiro atoms. The van der Waals surface area contributed by atoms with Crippen molar-refractivity contribution in [1.82, 2.24) is 5.32 Å². The quantitative estimate of drug-likeness (QED) is 0.668. The second kappa shape index (κ2) is 6.30. The van der Waals surface area contributed by atoms with Gasteiger partial charge in [0.2, 0.25) is 0 Å². The monoisotopic (exact) mass is 270 g/mol. The second-order valence-corrected chi connectivity index (χ2v) is 4.91. The summed E-state index contributed by atoms with van der Waals surface area (Å²) in [5, 5.41) is 14.2. The van der Waals surface area contributed by atoms with Crippen LogP contribution in [-0.2, 0) is 13.1 Å². The molecule has 0 bridgehead atoms. The molecule has 0 saturated heterocycles. The van der Waals surface area contributed by atoms with Gasteiger partial charge in [0.1, 0.15) is 0 Å². The Hall–Kier alpha value is -2.20. The smallest absolute Gasteiger partial charge is 0.272 e. The van der Waals surface area contributed by atoms with Crippen molar-refractivity contribution in [3.05, 3.63) is 74.8 Å². The summed E-state index contributed by atoms with van der Waals surface area (Å²) in [4.78, 5) is 10.6. The van der Waals surface area contributed by atoms with E-state index in [9.17, 15) is 10.1 Å². The number of hydrogen-bond donors (Lipinski definition) is 1. The third-order valence-corrected chi connectivity index (χ3v) is 3.38. The third kappa shape index (κ3) is 3.42. The van der Waals surface area contributed by atoms with Crippen LogP contribution in [0, 0.1) is 24.0 Å². The molecule has 0 radical (unpaired) electrons. The Morgan fingerprint density at radius 2 is 1.75 bits per heavy atom. The average molecular weight is 270 g/mol. The van der Waals surface area contributed by atoms with Gasteiger partial charge in [0.25, 0.3) is 5.69 Å². The third-order valence-electron chi connectivity index (χ3n) is 3.38. The van der Waals surface area contributed by atoms with Gasteiger partial charge < -0.3 is 5.32 Å². The minimum Gasteiger partial charge on any atom is -0.309 e. The molecule has 0 aromatic heterocycles. The Morgan fingerprint density at radius 3 is 2.40 bits per heavy atom. The van der Waals surface area contributed by atoms with E-state index in [1.54, 1.807) is 19.1 Å². The van der Waals surface area contributed by atoms with Gasteiger partial charge in [0.15, 0.2) is 0 Å². The molecule has 0 unspecified atom stereocenters. The fourth-order valence-electron chi connectivity index (χ4n) is 2.11. The summed E-state index contributed by atoms with van der Waals surface area (Å²) in [6.45, 7) is 5.23. The first-order chi connectivity index (χ1) is 9.58. The van der Waals surface area contributed by atoms with Gasteiger partial charge in [-0.05, 0) is 25.0 Å². The molecule has 0 heterocycles. The fraction of sp³-hybridized carbons (Fsp3) is 0.250. The number of nitro benzene ring substituents is 1. The predicted molar refractivity (Wildman–Crippen MR) is 79.6 cm³/mol. The Balaban J connectivity index is 1.99. The van der Waals surface area contributed by atoms with Crippen LogP contribution in [-0.4, -0.2) is 4.92 Å². The average Bonchev–Trinajstić information content (AvgIpc) is 2.42. The zero-order valence-corrected chi connectivity index (χ0v) is 11.7. The van der Waals surface area contributed by atoms with E-state index in [1.807, 2.05) is 6.07 Å². The molecule has 0 aliphatic carbocycles. The van der Waals surface area contributed by atoms with Crippen LogP contribution < -0.4 is 5.32 Å². The van der Waals surface area contributed by atoms with Crippen molar-refractivity contribution in [2.75, 3.05) is 0 Å². The first-order valence-electron chi connectivity index (χ1n) is 6.57. The minimum atomic E-state index is -0.335. The van der Waals surface area contributed by atoms with Gasteiger partial charge >= 0.3 is 0 Å². The number of rotatable bonds is 5. The normalized spacial score (nSPS) is 10.5. The van der Waals surface area contributed by atoms with Crippen molar-refractivity contribution in [2.24, 2.45) is 0 Å². The lowest BCUT2D eigenvalue weighted by Crippen LogP contribution is -2.13. The summed E-state index contributed by atoms with van der Waals surface area (Å²) in [6, 6.07) is 13.5. The summed E-state index contributed by atoms with van der Waals surface area (Å²) in [7, 11) is 0. The lowest BCUT2D eigenvalue weighted by atomic mass is 10.1. The molecule has 104 valence electrons. The van der Waals surface area contributed by atoms with Crippen LogP contribution in [0.3, 0.4) is 0 Å². The molecule has 0 amide bonds. The molecule has 4 heteroatoms. The van der Waals surface area contributed by atoms with Gasteiger partial charge in [-0.25, -0.2) is 0 Å². The van der Waals surface area contributed by atoms with E-state index in [0.717, 1.165) is 17.7 Å². The molecular weight excluding hydrogens is 252 g/mol. The van der Waals surface area contributed by atoms with Gasteiger partial charge in [0.05, 0.1) is 4.92 Å². The molecule has 2 aromatic rings. The van der Waals surface area contributed by atoms with Crippen LogP contribution in [0.4, 0.5) is 5.69 Å². The standard InChI is InChI=1S/C16H18N2O2/c1-12-6-8-14(9-7-12)10-17-11-15-4-3-5-16(13(15)2)18(19)20/h3-9,17H,10-11H2,1-2H3. The van der Waals surface area contributed by atoms with E-state index >= 15 is 0 Å². The highest BCUT2D eigenvalue weighted by atomic mass is 16.6. The number of aryl methyl sites for hydroxylation is 1. The Bertz CT molecular complexity index is 606. The largest absolute Gasteiger partial charge is 0.309 e. The molecule has 0 fully saturated rings. The number of benzene rings is 2. The lowest BCUT2D eigenvalue weighted by molar-refractivity contribution is -0.385. The Kier molecular flexibility index (Phi) is 4.48. The van der Waals surface area contributed by atoms with Gasteiger partial charge in [-0.2, -0.15) is 0 Å². The lowest BCUT2D eigenvalue weighted by Gasteiger charge is -2.08. The van der Waals surface area contributed by atoms with Crippen molar-refractivity contribution in [2.45, 2.75) is 26.9 Å². The topological polar surface area (TPSA) is 55.2 Å². The van der Waals surface area contributed by atoms with Gasteiger partial charge in [-0.15, -0.1) is 0 Å². The molecule has 1 N–H and O–H groups in total. The number of hydrogen-bond acceptors (Lipinski definition) is 3. The van der Waals surface area contributed by atoms with Crippen LogP contribution in [0.5, 0.6) is 0 Å². The number of nitro groups is 1. The zero-order valence-electron chi connectivity index (χ0n) is 11.7. The SMILES string of the molecule is Cc1ccc(CNCc2cccc([N+](=O)[O-])c2C)cc1. The van der Waals surface area contributed by atoms with Crippen LogP contribution in [0.1, 0.15) is 22.3 Å². The van der Waals surface area contributed by atoms with Crippen molar-refractivity contribution in [3.8, 4) is 0 Å². The molecule has 4 nitrogen and oxygen atoms in total. The van der Waals surface area contributed by atoms with Crippen molar-refractivity contribution < 1.29 is 4.92 Å². The van der Waals surface area contributed by atoms with Crippen molar-refractivity contribution >= 4 is 5.69 Å². The Morgan fingerprint density at radius 1 is 1.05 bits per heavy atom. The summed E-state index contributed by atoms with van der Waals surface area (Å²) < 4.78 is 0. The number of nitrogens with one attached hydrogen (secondary N) is 1. The predicted octanol–water partition coefficient (Wildman–Crippen LogP) is 3.50.